The Morgan fingerprint density at radius 1 is 1.00 bits per heavy atom. The molecule has 1 aromatic heterocycles. The lowest BCUT2D eigenvalue weighted by Crippen LogP contribution is -2.26. The Morgan fingerprint density at radius 2 is 1.75 bits per heavy atom. The first-order valence-electron chi connectivity index (χ1n) is 8.67. The molecule has 0 aliphatic carbocycles. The van der Waals surface area contributed by atoms with Gasteiger partial charge in [0.15, 0.2) is 5.78 Å². The predicted octanol–water partition coefficient (Wildman–Crippen LogP) is 4.80. The number of carbonyl (C=O) groups is 3. The van der Waals surface area contributed by atoms with Crippen LogP contribution in [0, 0.1) is 6.92 Å². The quantitative estimate of drug-likeness (QED) is 0.482. The van der Waals surface area contributed by atoms with E-state index in [1.165, 1.54) is 18.3 Å². The minimum Gasteiger partial charge on any atom is -0.443 e. The fourth-order valence-corrected chi connectivity index (χ4v) is 3.47. The van der Waals surface area contributed by atoms with E-state index in [9.17, 15) is 14.4 Å². The van der Waals surface area contributed by atoms with Gasteiger partial charge < -0.3 is 10.1 Å². The van der Waals surface area contributed by atoms with Crippen LogP contribution in [0.5, 0.6) is 0 Å². The van der Waals surface area contributed by atoms with Gasteiger partial charge in [-0.15, -0.1) is 11.3 Å². The monoisotopic (exact) mass is 393 g/mol. The van der Waals surface area contributed by atoms with Gasteiger partial charge in [0.05, 0.1) is 0 Å². The molecule has 28 heavy (non-hydrogen) atoms. The van der Waals surface area contributed by atoms with E-state index in [0.717, 1.165) is 5.56 Å². The molecule has 3 aromatic rings. The molecule has 0 radical (unpaired) electrons. The third-order valence-corrected chi connectivity index (χ3v) is 5.15. The van der Waals surface area contributed by atoms with Gasteiger partial charge in [-0.1, -0.05) is 42.5 Å². The van der Waals surface area contributed by atoms with Crippen molar-refractivity contribution in [2.24, 2.45) is 0 Å². The van der Waals surface area contributed by atoms with Crippen LogP contribution in [0.4, 0.5) is 5.69 Å². The Hall–Kier alpha value is -3.25. The van der Waals surface area contributed by atoms with Gasteiger partial charge in [0.25, 0.3) is 5.91 Å². The van der Waals surface area contributed by atoms with Crippen LogP contribution in [0.25, 0.3) is 0 Å². The molecule has 0 saturated carbocycles. The highest BCUT2D eigenvalue weighted by molar-refractivity contribution is 7.12. The summed E-state index contributed by atoms with van der Waals surface area (Å²) in [6, 6.07) is 17.3. The first-order valence-corrected chi connectivity index (χ1v) is 9.55. The molecule has 0 aliphatic heterocycles. The second-order valence-electron chi connectivity index (χ2n) is 6.26. The van der Waals surface area contributed by atoms with Crippen molar-refractivity contribution in [2.75, 3.05) is 5.32 Å². The molecular formula is C22H19NO4S. The number of esters is 1. The maximum absolute atomic E-state index is 12.9. The minimum absolute atomic E-state index is 0.102. The van der Waals surface area contributed by atoms with Crippen LogP contribution < -0.4 is 5.32 Å². The highest BCUT2D eigenvalue weighted by atomic mass is 32.1. The molecule has 0 bridgehead atoms. The largest absolute Gasteiger partial charge is 0.443 e. The van der Waals surface area contributed by atoms with Crippen molar-refractivity contribution in [3.63, 3.8) is 0 Å². The fraction of sp³-hybridized carbons (Fsp3) is 0.136. The Labute approximate surface area is 167 Å². The molecule has 5 nitrogen and oxygen atoms in total. The molecule has 1 heterocycles. The number of carbonyl (C=O) groups excluding carboxylic acids is 3. The van der Waals surface area contributed by atoms with Gasteiger partial charge >= 0.3 is 5.97 Å². The summed E-state index contributed by atoms with van der Waals surface area (Å²) in [6.45, 7) is 3.27. The van der Waals surface area contributed by atoms with Gasteiger partial charge in [0.2, 0.25) is 6.10 Å². The normalized spacial score (nSPS) is 11.5. The summed E-state index contributed by atoms with van der Waals surface area (Å²) in [7, 11) is 0. The van der Waals surface area contributed by atoms with E-state index >= 15 is 0 Å². The number of Topliss-reactive ketones (excluding diaryl/α,β-unsaturated/α-hetero) is 1. The molecule has 0 saturated heterocycles. The zero-order valence-corrected chi connectivity index (χ0v) is 16.3. The topological polar surface area (TPSA) is 72.5 Å². The first-order chi connectivity index (χ1) is 13.5. The number of hydrogen-bond donors (Lipinski definition) is 1. The van der Waals surface area contributed by atoms with E-state index < -0.39 is 18.0 Å². The maximum Gasteiger partial charge on any atom is 0.349 e. The minimum atomic E-state index is -1.11. The van der Waals surface area contributed by atoms with Crippen LogP contribution in [0.15, 0.2) is 66.0 Å². The van der Waals surface area contributed by atoms with E-state index in [4.69, 9.17) is 4.74 Å². The molecule has 3 rings (SSSR count). The summed E-state index contributed by atoms with van der Waals surface area (Å²) < 4.78 is 5.57. The van der Waals surface area contributed by atoms with Crippen LogP contribution in [0.3, 0.4) is 0 Å². The zero-order valence-electron chi connectivity index (χ0n) is 15.5. The van der Waals surface area contributed by atoms with Gasteiger partial charge in [-0.05, 0) is 43.0 Å². The van der Waals surface area contributed by atoms with Crippen LogP contribution in [-0.4, -0.2) is 17.7 Å². The molecule has 1 atom stereocenters. The summed E-state index contributed by atoms with van der Waals surface area (Å²) in [5.41, 5.74) is 2.31. The molecule has 6 heteroatoms. The third-order valence-electron chi connectivity index (χ3n) is 4.15. The lowest BCUT2D eigenvalue weighted by atomic mass is 10.1. The molecule has 2 aromatic carbocycles. The number of rotatable bonds is 6. The van der Waals surface area contributed by atoms with Gasteiger partial charge in [0.1, 0.15) is 4.88 Å². The molecular weight excluding hydrogens is 374 g/mol. The Morgan fingerprint density at radius 3 is 2.39 bits per heavy atom. The van der Waals surface area contributed by atoms with E-state index in [2.05, 4.69) is 5.32 Å². The highest BCUT2D eigenvalue weighted by Crippen LogP contribution is 2.25. The third kappa shape index (κ3) is 4.53. The molecule has 1 N–H and O–H groups in total. The highest BCUT2D eigenvalue weighted by Gasteiger charge is 2.27. The summed E-state index contributed by atoms with van der Waals surface area (Å²) in [6.07, 6.45) is -1.11. The van der Waals surface area contributed by atoms with Crippen molar-refractivity contribution in [1.82, 2.24) is 0 Å². The number of nitrogens with one attached hydrogen (secondary N) is 1. The SMILES string of the molecule is CC(=O)c1cccc(NC(=O)[C@@H](OC(=O)c2sccc2C)c2ccccc2)c1. The van der Waals surface area contributed by atoms with Gasteiger partial charge in [-0.3, -0.25) is 9.59 Å². The lowest BCUT2D eigenvalue weighted by Gasteiger charge is -2.18. The summed E-state index contributed by atoms with van der Waals surface area (Å²) in [5.74, 6) is -1.14. The predicted molar refractivity (Wildman–Crippen MR) is 109 cm³/mol. The van der Waals surface area contributed by atoms with Crippen LogP contribution in [0.1, 0.15) is 44.2 Å². The van der Waals surface area contributed by atoms with Crippen molar-refractivity contribution in [3.8, 4) is 0 Å². The Bertz CT molecular complexity index is 1010. The van der Waals surface area contributed by atoms with E-state index in [1.54, 1.807) is 53.9 Å². The van der Waals surface area contributed by atoms with E-state index in [-0.39, 0.29) is 5.78 Å². The van der Waals surface area contributed by atoms with Crippen molar-refractivity contribution >= 4 is 34.7 Å². The average molecular weight is 393 g/mol. The number of benzene rings is 2. The van der Waals surface area contributed by atoms with Crippen LogP contribution in [-0.2, 0) is 9.53 Å². The number of ketones is 1. The van der Waals surface area contributed by atoms with Gasteiger partial charge in [0, 0.05) is 16.8 Å². The lowest BCUT2D eigenvalue weighted by molar-refractivity contribution is -0.125. The van der Waals surface area contributed by atoms with E-state index in [0.29, 0.717) is 21.7 Å². The molecule has 142 valence electrons. The second-order valence-corrected chi connectivity index (χ2v) is 7.17. The molecule has 0 unspecified atom stereocenters. The Kier molecular flexibility index (Phi) is 6.01. The van der Waals surface area contributed by atoms with Gasteiger partial charge in [-0.2, -0.15) is 0 Å². The van der Waals surface area contributed by atoms with Crippen molar-refractivity contribution in [1.29, 1.82) is 0 Å². The van der Waals surface area contributed by atoms with Crippen LogP contribution >= 0.6 is 11.3 Å². The van der Waals surface area contributed by atoms with Crippen molar-refractivity contribution in [3.05, 3.63) is 87.6 Å². The summed E-state index contributed by atoms with van der Waals surface area (Å²) >= 11 is 1.27. The molecule has 0 spiro atoms. The van der Waals surface area contributed by atoms with Crippen molar-refractivity contribution < 1.29 is 19.1 Å². The average Bonchev–Trinajstić information content (AvgIpc) is 3.12. The second kappa shape index (κ2) is 8.63. The smallest absolute Gasteiger partial charge is 0.349 e. The molecule has 0 fully saturated rings. The number of aryl methyl sites for hydroxylation is 1. The van der Waals surface area contributed by atoms with Crippen LogP contribution in [0.2, 0.25) is 0 Å². The Balaban J connectivity index is 1.85. The number of amides is 1. The zero-order chi connectivity index (χ0) is 20.1. The first kappa shape index (κ1) is 19.5. The summed E-state index contributed by atoms with van der Waals surface area (Å²) in [5, 5.41) is 4.54. The number of ether oxygens (including phenoxy) is 1. The van der Waals surface area contributed by atoms with E-state index in [1.807, 2.05) is 19.1 Å². The fourth-order valence-electron chi connectivity index (χ4n) is 2.67. The molecule has 0 aliphatic rings. The number of anilines is 1. The van der Waals surface area contributed by atoms with Gasteiger partial charge in [-0.25, -0.2) is 4.79 Å². The maximum atomic E-state index is 12.9. The molecule has 1 amide bonds. The number of thiophene rings is 1. The number of hydrogen-bond acceptors (Lipinski definition) is 5. The summed E-state index contributed by atoms with van der Waals surface area (Å²) in [4.78, 5) is 37.5. The van der Waals surface area contributed by atoms with Crippen molar-refractivity contribution in [2.45, 2.75) is 20.0 Å². The standard InChI is InChI=1S/C22H19NO4S/c1-14-11-12-28-20(14)22(26)27-19(16-7-4-3-5-8-16)21(25)23-18-10-6-9-17(13-18)15(2)24/h3-13,19H,1-2H3,(H,23,25)/t19-/m0/s1.